The number of anilines is 2. The van der Waals surface area contributed by atoms with Crippen molar-refractivity contribution in [1.29, 1.82) is 0 Å². The molecule has 2 heterocycles. The minimum atomic E-state index is 0.00670. The maximum absolute atomic E-state index is 11.2. The molecule has 2 N–H and O–H groups in total. The van der Waals surface area contributed by atoms with E-state index in [1.807, 2.05) is 12.1 Å². The van der Waals surface area contributed by atoms with E-state index >= 15 is 0 Å². The van der Waals surface area contributed by atoms with Gasteiger partial charge in [-0.3, -0.25) is 9.59 Å². The Kier molecular flexibility index (Phi) is 2.33. The number of rotatable bonds is 0. The lowest BCUT2D eigenvalue weighted by atomic mass is 10.2. The molecule has 6 heteroatoms. The van der Waals surface area contributed by atoms with E-state index in [-0.39, 0.29) is 11.8 Å². The topological polar surface area (TPSA) is 58.2 Å². The molecule has 2 amide bonds. The number of hydrogen-bond donors (Lipinski definition) is 2. The van der Waals surface area contributed by atoms with Crippen LogP contribution in [0.1, 0.15) is 0 Å². The third-order valence-corrected chi connectivity index (χ3v) is 4.46. The number of carbonyl (C=O) groups excluding carboxylic acids is 2. The molecule has 0 aromatic heterocycles. The molecule has 0 bridgehead atoms. The van der Waals surface area contributed by atoms with Crippen molar-refractivity contribution in [3.8, 4) is 0 Å². The van der Waals surface area contributed by atoms with E-state index in [0.29, 0.717) is 11.5 Å². The van der Waals surface area contributed by atoms with E-state index in [9.17, 15) is 9.59 Å². The van der Waals surface area contributed by atoms with Gasteiger partial charge in [0.2, 0.25) is 11.8 Å². The normalized spacial score (nSPS) is 18.2. The summed E-state index contributed by atoms with van der Waals surface area (Å²) in [6, 6.07) is 3.86. The summed E-state index contributed by atoms with van der Waals surface area (Å²) in [7, 11) is 0. The fourth-order valence-electron chi connectivity index (χ4n) is 1.65. The Labute approximate surface area is 101 Å². The Morgan fingerprint density at radius 3 is 1.88 bits per heavy atom. The zero-order chi connectivity index (χ0) is 11.1. The van der Waals surface area contributed by atoms with Crippen LogP contribution in [0.25, 0.3) is 0 Å². The summed E-state index contributed by atoms with van der Waals surface area (Å²) < 4.78 is 0. The van der Waals surface area contributed by atoms with E-state index in [1.54, 1.807) is 0 Å². The van der Waals surface area contributed by atoms with E-state index in [1.165, 1.54) is 23.5 Å². The smallest absolute Gasteiger partial charge is 0.234 e. The van der Waals surface area contributed by atoms with Gasteiger partial charge in [0.05, 0.1) is 22.9 Å². The lowest BCUT2D eigenvalue weighted by molar-refractivity contribution is -0.114. The molecule has 0 spiro atoms. The summed E-state index contributed by atoms with van der Waals surface area (Å²) in [5.74, 6) is 0.936. The first-order chi connectivity index (χ1) is 7.72. The van der Waals surface area contributed by atoms with Crippen LogP contribution >= 0.6 is 23.5 Å². The molecule has 1 aromatic rings. The monoisotopic (exact) mass is 252 g/mol. The quantitative estimate of drug-likeness (QED) is 0.739. The molecular formula is C10H8N2O2S2. The standard InChI is InChI=1S/C10H8N2O2S2/c13-9-3-15-7-2-8-6(1-5(7)11-9)12-10(14)4-16-8/h1-2H,3-4H2,(H,11,13)(H,12,14). The lowest BCUT2D eigenvalue weighted by Gasteiger charge is -2.22. The van der Waals surface area contributed by atoms with Crippen LogP contribution in [0.2, 0.25) is 0 Å². The summed E-state index contributed by atoms with van der Waals surface area (Å²) in [6.07, 6.45) is 0. The summed E-state index contributed by atoms with van der Waals surface area (Å²) in [4.78, 5) is 24.6. The SMILES string of the molecule is O=C1CSc2cc3c(cc2N1)NC(=O)CS3. The molecule has 3 rings (SSSR count). The van der Waals surface area contributed by atoms with Crippen molar-refractivity contribution in [2.24, 2.45) is 0 Å². The van der Waals surface area contributed by atoms with Gasteiger partial charge in [0, 0.05) is 9.79 Å². The van der Waals surface area contributed by atoms with Crippen LogP contribution in [-0.2, 0) is 9.59 Å². The van der Waals surface area contributed by atoms with Crippen molar-refractivity contribution in [2.45, 2.75) is 9.79 Å². The lowest BCUT2D eigenvalue weighted by Crippen LogP contribution is -2.22. The predicted molar refractivity (Wildman–Crippen MR) is 65.1 cm³/mol. The molecule has 2 aliphatic rings. The molecule has 16 heavy (non-hydrogen) atoms. The zero-order valence-electron chi connectivity index (χ0n) is 8.20. The molecule has 1 aromatic carbocycles. The van der Waals surface area contributed by atoms with Gasteiger partial charge < -0.3 is 10.6 Å². The van der Waals surface area contributed by atoms with E-state index < -0.39 is 0 Å². The van der Waals surface area contributed by atoms with Gasteiger partial charge in [0.25, 0.3) is 0 Å². The first-order valence-electron chi connectivity index (χ1n) is 4.76. The molecule has 0 fully saturated rings. The number of carbonyl (C=O) groups is 2. The van der Waals surface area contributed by atoms with E-state index in [0.717, 1.165) is 21.2 Å². The molecule has 0 unspecified atom stereocenters. The van der Waals surface area contributed by atoms with Gasteiger partial charge in [-0.15, -0.1) is 23.5 Å². The highest BCUT2D eigenvalue weighted by Gasteiger charge is 2.21. The van der Waals surface area contributed by atoms with Gasteiger partial charge in [0.1, 0.15) is 0 Å². The molecule has 0 atom stereocenters. The highest BCUT2D eigenvalue weighted by molar-refractivity contribution is 8.01. The molecule has 4 nitrogen and oxygen atoms in total. The second-order valence-electron chi connectivity index (χ2n) is 3.52. The van der Waals surface area contributed by atoms with E-state index in [4.69, 9.17) is 0 Å². The molecular weight excluding hydrogens is 244 g/mol. The predicted octanol–water partition coefficient (Wildman–Crippen LogP) is 1.77. The Morgan fingerprint density at radius 1 is 0.875 bits per heavy atom. The number of fused-ring (bicyclic) bond motifs is 2. The van der Waals surface area contributed by atoms with Crippen LogP contribution in [-0.4, -0.2) is 23.3 Å². The molecule has 0 radical (unpaired) electrons. The minimum Gasteiger partial charge on any atom is -0.324 e. The Bertz CT molecular complexity index is 461. The third-order valence-electron chi connectivity index (χ3n) is 2.35. The maximum atomic E-state index is 11.2. The van der Waals surface area contributed by atoms with Gasteiger partial charge in [-0.05, 0) is 12.1 Å². The second-order valence-corrected chi connectivity index (χ2v) is 5.55. The first kappa shape index (κ1) is 10.0. The molecule has 82 valence electrons. The highest BCUT2D eigenvalue weighted by atomic mass is 32.2. The van der Waals surface area contributed by atoms with Gasteiger partial charge in [0.15, 0.2) is 0 Å². The summed E-state index contributed by atoms with van der Waals surface area (Å²) in [6.45, 7) is 0. The van der Waals surface area contributed by atoms with Crippen molar-refractivity contribution in [2.75, 3.05) is 22.1 Å². The molecule has 2 aliphatic heterocycles. The van der Waals surface area contributed by atoms with Crippen LogP contribution in [0.3, 0.4) is 0 Å². The van der Waals surface area contributed by atoms with Gasteiger partial charge in [-0.1, -0.05) is 0 Å². The van der Waals surface area contributed by atoms with E-state index in [2.05, 4.69) is 10.6 Å². The number of benzene rings is 1. The van der Waals surface area contributed by atoms with Gasteiger partial charge in [-0.2, -0.15) is 0 Å². The van der Waals surface area contributed by atoms with Crippen molar-refractivity contribution >= 4 is 46.7 Å². The van der Waals surface area contributed by atoms with Gasteiger partial charge >= 0.3 is 0 Å². The Balaban J connectivity index is 2.05. The summed E-state index contributed by atoms with van der Waals surface area (Å²) in [5, 5.41) is 5.61. The third kappa shape index (κ3) is 1.68. The number of thioether (sulfide) groups is 2. The summed E-state index contributed by atoms with van der Waals surface area (Å²) >= 11 is 3.06. The molecule has 0 aliphatic carbocycles. The van der Waals surface area contributed by atoms with Gasteiger partial charge in [-0.25, -0.2) is 0 Å². The zero-order valence-corrected chi connectivity index (χ0v) is 9.83. The van der Waals surface area contributed by atoms with Crippen molar-refractivity contribution in [1.82, 2.24) is 0 Å². The van der Waals surface area contributed by atoms with Crippen LogP contribution < -0.4 is 10.6 Å². The first-order valence-corrected chi connectivity index (χ1v) is 6.73. The van der Waals surface area contributed by atoms with Crippen molar-refractivity contribution < 1.29 is 9.59 Å². The number of hydrogen-bond acceptors (Lipinski definition) is 4. The Hall–Kier alpha value is -1.14. The largest absolute Gasteiger partial charge is 0.324 e. The summed E-state index contributed by atoms with van der Waals surface area (Å²) in [5.41, 5.74) is 1.59. The fraction of sp³-hybridized carbons (Fsp3) is 0.200. The van der Waals surface area contributed by atoms with Crippen LogP contribution in [0.4, 0.5) is 11.4 Å². The average Bonchev–Trinajstić information content (AvgIpc) is 2.26. The van der Waals surface area contributed by atoms with Crippen LogP contribution in [0.15, 0.2) is 21.9 Å². The number of nitrogens with one attached hydrogen (secondary N) is 2. The minimum absolute atomic E-state index is 0.00670. The second kappa shape index (κ2) is 3.71. The average molecular weight is 252 g/mol. The molecule has 0 saturated carbocycles. The highest BCUT2D eigenvalue weighted by Crippen LogP contribution is 2.41. The van der Waals surface area contributed by atoms with Crippen LogP contribution in [0.5, 0.6) is 0 Å². The maximum Gasteiger partial charge on any atom is 0.234 e. The van der Waals surface area contributed by atoms with Crippen molar-refractivity contribution in [3.63, 3.8) is 0 Å². The van der Waals surface area contributed by atoms with Crippen LogP contribution in [0, 0.1) is 0 Å². The number of amides is 2. The van der Waals surface area contributed by atoms with Crippen molar-refractivity contribution in [3.05, 3.63) is 12.1 Å². The molecule has 0 saturated heterocycles. The Morgan fingerprint density at radius 2 is 1.38 bits per heavy atom. The fourth-order valence-corrected chi connectivity index (χ4v) is 3.38.